The number of nitrogens with one attached hydrogen (secondary N) is 2. The van der Waals surface area contributed by atoms with E-state index < -0.39 is 27.7 Å². The van der Waals surface area contributed by atoms with Crippen LogP contribution >= 0.6 is 0 Å². The molecule has 264 valence electrons. The number of rotatable bonds is 11. The summed E-state index contributed by atoms with van der Waals surface area (Å²) in [6, 6.07) is 29.9. The molecule has 0 spiro atoms. The third-order valence-corrected chi connectivity index (χ3v) is 10.9. The Morgan fingerprint density at radius 3 is 2.06 bits per heavy atom. The van der Waals surface area contributed by atoms with Crippen molar-refractivity contribution < 1.29 is 22.6 Å². The third-order valence-electron chi connectivity index (χ3n) is 10.2. The van der Waals surface area contributed by atoms with E-state index in [1.807, 2.05) is 36.4 Å². The van der Waals surface area contributed by atoms with E-state index >= 15 is 0 Å². The summed E-state index contributed by atoms with van der Waals surface area (Å²) >= 11 is 0. The smallest absolute Gasteiger partial charge is 0.266 e. The molecule has 7 nitrogen and oxygen atoms in total. The monoisotopic (exact) mass is 694 g/mol. The van der Waals surface area contributed by atoms with Crippen LogP contribution in [0.15, 0.2) is 91.0 Å². The molecule has 0 unspecified atom stereocenters. The van der Waals surface area contributed by atoms with Crippen LogP contribution < -0.4 is 10.6 Å². The van der Waals surface area contributed by atoms with Gasteiger partial charge in [-0.1, -0.05) is 93.1 Å². The Morgan fingerprint density at radius 1 is 0.840 bits per heavy atom. The molecule has 8 heteroatoms. The molecule has 1 atom stereocenters. The first-order valence-corrected chi connectivity index (χ1v) is 19.2. The lowest BCUT2D eigenvalue weighted by Crippen LogP contribution is -2.28. The molecular weight excluding hydrogens is 645 g/mol. The van der Waals surface area contributed by atoms with Gasteiger partial charge in [-0.3, -0.25) is 14.1 Å². The van der Waals surface area contributed by atoms with Gasteiger partial charge >= 0.3 is 0 Å². The summed E-state index contributed by atoms with van der Waals surface area (Å²) in [5.74, 6) is -0.314. The molecule has 2 amide bonds. The molecule has 50 heavy (non-hydrogen) atoms. The maximum Gasteiger partial charge on any atom is 0.266 e. The van der Waals surface area contributed by atoms with Crippen LogP contribution in [-0.2, 0) is 21.3 Å². The summed E-state index contributed by atoms with van der Waals surface area (Å²) in [6.07, 6.45) is 5.25. The summed E-state index contributed by atoms with van der Waals surface area (Å²) in [6.45, 7) is 11.0. The molecular formula is C42H50N2O5S. The first kappa shape index (κ1) is 37.0. The van der Waals surface area contributed by atoms with Crippen LogP contribution in [-0.4, -0.2) is 37.1 Å². The third kappa shape index (κ3) is 9.92. The Balaban J connectivity index is 1.33. The Hall–Kier alpha value is -4.27. The Labute approximate surface area is 297 Å². The van der Waals surface area contributed by atoms with Crippen LogP contribution in [0, 0.1) is 25.2 Å². The molecule has 0 heterocycles. The van der Waals surface area contributed by atoms with E-state index in [9.17, 15) is 18.0 Å². The van der Waals surface area contributed by atoms with Gasteiger partial charge in [0.25, 0.3) is 16.0 Å². The molecule has 3 N–H and O–H groups in total. The number of benzene rings is 4. The molecule has 1 aliphatic carbocycles. The molecule has 0 radical (unpaired) electrons. The van der Waals surface area contributed by atoms with Crippen molar-refractivity contribution in [2.45, 2.75) is 78.6 Å². The highest BCUT2D eigenvalue weighted by atomic mass is 32.2. The quantitative estimate of drug-likeness (QED) is 0.136. The fraction of sp³-hybridized carbons (Fsp3) is 0.381. The zero-order valence-corrected chi connectivity index (χ0v) is 30.6. The summed E-state index contributed by atoms with van der Waals surface area (Å²) in [7, 11) is -4.17. The molecule has 1 saturated carbocycles. The Morgan fingerprint density at radius 2 is 1.48 bits per heavy atom. The SMILES string of the molecule is Cc1ccc(-c2ccc(NC(=O)[C@@H](Cc3ccc(C(=O)NCCS(=O)(=O)O)cc3)c3ccc(C4CCC(C(C)(C)C)CC4)cc3)cc2)c(C)c1. The van der Waals surface area contributed by atoms with Gasteiger partial charge in [0.1, 0.15) is 0 Å². The van der Waals surface area contributed by atoms with Gasteiger partial charge in [-0.05, 0) is 121 Å². The van der Waals surface area contributed by atoms with Gasteiger partial charge < -0.3 is 10.6 Å². The predicted octanol–water partition coefficient (Wildman–Crippen LogP) is 8.87. The molecule has 0 saturated heterocycles. The fourth-order valence-corrected chi connectivity index (χ4v) is 7.54. The molecule has 4 aromatic carbocycles. The van der Waals surface area contributed by atoms with E-state index in [0.29, 0.717) is 23.3 Å². The van der Waals surface area contributed by atoms with Gasteiger partial charge in [-0.15, -0.1) is 0 Å². The average molecular weight is 695 g/mol. The number of amides is 2. The van der Waals surface area contributed by atoms with Crippen molar-refractivity contribution in [3.05, 3.63) is 124 Å². The van der Waals surface area contributed by atoms with Gasteiger partial charge in [0, 0.05) is 17.8 Å². The number of hydrogen-bond donors (Lipinski definition) is 3. The largest absolute Gasteiger partial charge is 0.351 e. The van der Waals surface area contributed by atoms with Crippen LogP contribution in [0.25, 0.3) is 11.1 Å². The Bertz CT molecular complexity index is 1890. The van der Waals surface area contributed by atoms with Crippen LogP contribution in [0.5, 0.6) is 0 Å². The summed E-state index contributed by atoms with van der Waals surface area (Å²) in [5.41, 5.74) is 9.22. The zero-order chi connectivity index (χ0) is 36.1. The number of carbonyl (C=O) groups is 2. The fourth-order valence-electron chi connectivity index (χ4n) is 7.18. The molecule has 5 rings (SSSR count). The van der Waals surface area contributed by atoms with Crippen LogP contribution in [0.3, 0.4) is 0 Å². The molecule has 0 aliphatic heterocycles. The van der Waals surface area contributed by atoms with E-state index in [1.54, 1.807) is 12.1 Å². The van der Waals surface area contributed by atoms with Crippen molar-refractivity contribution in [1.82, 2.24) is 5.32 Å². The van der Waals surface area contributed by atoms with Crippen molar-refractivity contribution in [2.24, 2.45) is 11.3 Å². The van der Waals surface area contributed by atoms with E-state index in [-0.39, 0.29) is 12.5 Å². The van der Waals surface area contributed by atoms with Gasteiger partial charge in [-0.2, -0.15) is 8.42 Å². The second-order valence-corrected chi connectivity index (χ2v) is 16.5. The van der Waals surface area contributed by atoms with Gasteiger partial charge in [0.2, 0.25) is 5.91 Å². The summed E-state index contributed by atoms with van der Waals surface area (Å²) in [5, 5.41) is 5.66. The van der Waals surface area contributed by atoms with Crippen molar-refractivity contribution in [3.63, 3.8) is 0 Å². The van der Waals surface area contributed by atoms with Crippen LogP contribution in [0.1, 0.15) is 96.5 Å². The number of hydrogen-bond acceptors (Lipinski definition) is 4. The van der Waals surface area contributed by atoms with Gasteiger partial charge in [0.15, 0.2) is 0 Å². The van der Waals surface area contributed by atoms with Gasteiger partial charge in [-0.25, -0.2) is 0 Å². The first-order chi connectivity index (χ1) is 23.7. The zero-order valence-electron chi connectivity index (χ0n) is 29.8. The molecule has 1 aliphatic rings. The maximum absolute atomic E-state index is 14.0. The number of aryl methyl sites for hydroxylation is 2. The second kappa shape index (κ2) is 15.7. The standard InChI is InChI=1S/C42H50N2O5S/c1-28-6-23-38(29(2)26-28)33-17-21-37(22-18-33)44-41(46)39(27-30-7-9-35(10-8-30)40(45)43-24-25-50(47,48)49)34-13-11-31(12-14-34)32-15-19-36(20-16-32)42(3,4)5/h6-14,17-18,21-23,26,32,36,39H,15-16,19-20,24-25,27H2,1-5H3,(H,43,45)(H,44,46)(H,47,48,49)/t32?,36?,39-/m0/s1. The molecule has 4 aromatic rings. The first-order valence-electron chi connectivity index (χ1n) is 17.6. The minimum absolute atomic E-state index is 0.116. The van der Waals surface area contributed by atoms with Crippen molar-refractivity contribution in [3.8, 4) is 11.1 Å². The van der Waals surface area contributed by atoms with Crippen LogP contribution in [0.4, 0.5) is 5.69 Å². The number of carbonyl (C=O) groups excluding carboxylic acids is 2. The lowest BCUT2D eigenvalue weighted by molar-refractivity contribution is -0.117. The van der Waals surface area contributed by atoms with Crippen molar-refractivity contribution in [2.75, 3.05) is 17.6 Å². The highest BCUT2D eigenvalue weighted by Gasteiger charge is 2.30. The van der Waals surface area contributed by atoms with Crippen molar-refractivity contribution >= 4 is 27.6 Å². The lowest BCUT2D eigenvalue weighted by atomic mass is 9.68. The Kier molecular flexibility index (Phi) is 11.6. The summed E-state index contributed by atoms with van der Waals surface area (Å²) in [4.78, 5) is 26.5. The predicted molar refractivity (Wildman–Crippen MR) is 202 cm³/mol. The highest BCUT2D eigenvalue weighted by Crippen LogP contribution is 2.43. The minimum atomic E-state index is -4.17. The molecule has 0 bridgehead atoms. The van der Waals surface area contributed by atoms with E-state index in [1.165, 1.54) is 42.4 Å². The summed E-state index contributed by atoms with van der Waals surface area (Å²) < 4.78 is 30.9. The second-order valence-electron chi connectivity index (χ2n) is 15.0. The van der Waals surface area contributed by atoms with Crippen LogP contribution in [0.2, 0.25) is 0 Å². The topological polar surface area (TPSA) is 113 Å². The molecule has 1 fully saturated rings. The number of anilines is 1. The van der Waals surface area contributed by atoms with Gasteiger partial charge in [0.05, 0.1) is 11.7 Å². The highest BCUT2D eigenvalue weighted by molar-refractivity contribution is 7.85. The maximum atomic E-state index is 14.0. The average Bonchev–Trinajstić information content (AvgIpc) is 3.07. The minimum Gasteiger partial charge on any atom is -0.351 e. The molecule has 0 aromatic heterocycles. The van der Waals surface area contributed by atoms with E-state index in [0.717, 1.165) is 33.9 Å². The normalized spacial score (nSPS) is 17.2. The van der Waals surface area contributed by atoms with E-state index in [2.05, 4.69) is 87.7 Å². The lowest BCUT2D eigenvalue weighted by Gasteiger charge is -2.37. The van der Waals surface area contributed by atoms with E-state index in [4.69, 9.17) is 4.55 Å². The van der Waals surface area contributed by atoms with Crippen molar-refractivity contribution in [1.29, 1.82) is 0 Å².